The highest BCUT2D eigenvalue weighted by atomic mass is 16.5. The summed E-state index contributed by atoms with van der Waals surface area (Å²) in [5, 5.41) is 0. The van der Waals surface area contributed by atoms with Crippen molar-refractivity contribution in [1.82, 2.24) is 0 Å². The van der Waals surface area contributed by atoms with Crippen LogP contribution >= 0.6 is 0 Å². The molecule has 1 aromatic carbocycles. The molecule has 0 aliphatic heterocycles. The number of methoxy groups -OCH3 is 1. The maximum atomic E-state index is 11.7. The molecule has 0 saturated heterocycles. The molecule has 0 aliphatic carbocycles. The fourth-order valence-corrected chi connectivity index (χ4v) is 3.09. The molecule has 0 unspecified atom stereocenters. The number of aryl methyl sites for hydroxylation is 1. The number of hydrogen-bond donors (Lipinski definition) is 0. The second-order valence-corrected chi connectivity index (χ2v) is 6.78. The fraction of sp³-hybridized carbons (Fsp3) is 0.609. The van der Waals surface area contributed by atoms with Gasteiger partial charge in [0.1, 0.15) is 0 Å². The standard InChI is InChI=1S/C23H36O2/c1-3-4-5-6-7-8-9-10-11-12-13-14-15-18-21-19-16-17-20-22(21)23(24)25-2/h12-13,16-17,19-20H,3-11,14-15,18H2,1-2H3. The van der Waals surface area contributed by atoms with Crippen molar-refractivity contribution in [3.8, 4) is 0 Å². The van der Waals surface area contributed by atoms with E-state index < -0.39 is 0 Å². The number of esters is 1. The molecule has 140 valence electrons. The summed E-state index contributed by atoms with van der Waals surface area (Å²) in [5.41, 5.74) is 1.79. The van der Waals surface area contributed by atoms with E-state index in [2.05, 4.69) is 19.1 Å². The van der Waals surface area contributed by atoms with Crippen molar-refractivity contribution >= 4 is 5.97 Å². The largest absolute Gasteiger partial charge is 0.465 e. The van der Waals surface area contributed by atoms with Crippen LogP contribution in [0.4, 0.5) is 0 Å². The predicted molar refractivity (Wildman–Crippen MR) is 107 cm³/mol. The molecule has 0 N–H and O–H groups in total. The third-order valence-electron chi connectivity index (χ3n) is 4.63. The van der Waals surface area contributed by atoms with Crippen LogP contribution in [-0.2, 0) is 11.2 Å². The quantitative estimate of drug-likeness (QED) is 0.209. The third-order valence-corrected chi connectivity index (χ3v) is 4.63. The van der Waals surface area contributed by atoms with E-state index >= 15 is 0 Å². The lowest BCUT2D eigenvalue weighted by atomic mass is 10.0. The van der Waals surface area contributed by atoms with Crippen LogP contribution in [0.3, 0.4) is 0 Å². The van der Waals surface area contributed by atoms with Gasteiger partial charge in [0.05, 0.1) is 12.7 Å². The Balaban J connectivity index is 2.06. The van der Waals surface area contributed by atoms with E-state index in [1.165, 1.54) is 64.9 Å². The van der Waals surface area contributed by atoms with Gasteiger partial charge in [-0.05, 0) is 43.7 Å². The lowest BCUT2D eigenvalue weighted by Crippen LogP contribution is -2.05. The van der Waals surface area contributed by atoms with E-state index in [-0.39, 0.29) is 5.97 Å². The number of unbranched alkanes of at least 4 members (excludes halogenated alkanes) is 9. The Labute approximate surface area is 154 Å². The number of benzene rings is 1. The Morgan fingerprint density at radius 2 is 1.48 bits per heavy atom. The first kappa shape index (κ1) is 21.5. The van der Waals surface area contributed by atoms with Crippen molar-refractivity contribution in [3.05, 3.63) is 47.5 Å². The monoisotopic (exact) mass is 344 g/mol. The Morgan fingerprint density at radius 1 is 0.880 bits per heavy atom. The van der Waals surface area contributed by atoms with Crippen LogP contribution < -0.4 is 0 Å². The van der Waals surface area contributed by atoms with Gasteiger partial charge in [0.15, 0.2) is 0 Å². The van der Waals surface area contributed by atoms with Crippen LogP contribution in [0.2, 0.25) is 0 Å². The Kier molecular flexibility index (Phi) is 12.7. The molecule has 1 aromatic rings. The van der Waals surface area contributed by atoms with Crippen LogP contribution in [-0.4, -0.2) is 13.1 Å². The molecule has 25 heavy (non-hydrogen) atoms. The molecular formula is C23H36O2. The SMILES string of the molecule is CCCCCCCCCCC=CCCCc1ccccc1C(=O)OC. The van der Waals surface area contributed by atoms with E-state index in [1.807, 2.05) is 24.3 Å². The lowest BCUT2D eigenvalue weighted by molar-refractivity contribution is 0.0599. The first-order valence-corrected chi connectivity index (χ1v) is 10.1. The second-order valence-electron chi connectivity index (χ2n) is 6.78. The van der Waals surface area contributed by atoms with Crippen LogP contribution in [0.25, 0.3) is 0 Å². The van der Waals surface area contributed by atoms with E-state index in [1.54, 1.807) is 0 Å². The Hall–Kier alpha value is -1.57. The molecular weight excluding hydrogens is 308 g/mol. The molecule has 2 heteroatoms. The number of carbonyl (C=O) groups is 1. The molecule has 0 heterocycles. The second kappa shape index (κ2) is 14.7. The summed E-state index contributed by atoms with van der Waals surface area (Å²) >= 11 is 0. The highest BCUT2D eigenvalue weighted by Crippen LogP contribution is 2.14. The van der Waals surface area contributed by atoms with Crippen molar-refractivity contribution < 1.29 is 9.53 Å². The summed E-state index contributed by atoms with van der Waals surface area (Å²) in [6.45, 7) is 2.27. The maximum absolute atomic E-state index is 11.7. The smallest absolute Gasteiger partial charge is 0.338 e. The summed E-state index contributed by atoms with van der Waals surface area (Å²) in [6, 6.07) is 7.75. The summed E-state index contributed by atoms with van der Waals surface area (Å²) in [5.74, 6) is -0.235. The first-order chi connectivity index (χ1) is 12.3. The van der Waals surface area contributed by atoms with Gasteiger partial charge >= 0.3 is 5.97 Å². The fourth-order valence-electron chi connectivity index (χ4n) is 3.09. The first-order valence-electron chi connectivity index (χ1n) is 10.1. The van der Waals surface area contributed by atoms with Gasteiger partial charge in [0.2, 0.25) is 0 Å². The predicted octanol–water partition coefficient (Wildman–Crippen LogP) is 6.88. The number of rotatable bonds is 14. The van der Waals surface area contributed by atoms with Gasteiger partial charge in [-0.25, -0.2) is 4.79 Å². The molecule has 2 nitrogen and oxygen atoms in total. The zero-order valence-electron chi connectivity index (χ0n) is 16.3. The van der Waals surface area contributed by atoms with Gasteiger partial charge in [-0.2, -0.15) is 0 Å². The van der Waals surface area contributed by atoms with E-state index in [4.69, 9.17) is 4.74 Å². The molecule has 1 rings (SSSR count). The molecule has 0 spiro atoms. The highest BCUT2D eigenvalue weighted by molar-refractivity contribution is 5.90. The Morgan fingerprint density at radius 3 is 2.16 bits per heavy atom. The molecule has 0 aromatic heterocycles. The van der Waals surface area contributed by atoms with E-state index in [0.29, 0.717) is 5.56 Å². The van der Waals surface area contributed by atoms with Gasteiger partial charge in [0, 0.05) is 0 Å². The molecule has 0 radical (unpaired) electrons. The minimum Gasteiger partial charge on any atom is -0.465 e. The molecule has 0 bridgehead atoms. The number of allylic oxidation sites excluding steroid dienone is 2. The molecule has 0 amide bonds. The van der Waals surface area contributed by atoms with Crippen LogP contribution in [0, 0.1) is 0 Å². The van der Waals surface area contributed by atoms with Crippen molar-refractivity contribution in [2.45, 2.75) is 84.0 Å². The molecule has 0 atom stereocenters. The van der Waals surface area contributed by atoms with Crippen molar-refractivity contribution in [1.29, 1.82) is 0 Å². The van der Waals surface area contributed by atoms with Gasteiger partial charge < -0.3 is 4.74 Å². The van der Waals surface area contributed by atoms with Gasteiger partial charge in [-0.15, -0.1) is 0 Å². The number of ether oxygens (including phenoxy) is 1. The van der Waals surface area contributed by atoms with Gasteiger partial charge in [-0.1, -0.05) is 82.2 Å². The van der Waals surface area contributed by atoms with E-state index in [9.17, 15) is 4.79 Å². The lowest BCUT2D eigenvalue weighted by Gasteiger charge is -2.06. The summed E-state index contributed by atoms with van der Waals surface area (Å²) in [4.78, 5) is 11.7. The van der Waals surface area contributed by atoms with Crippen molar-refractivity contribution in [3.63, 3.8) is 0 Å². The Bertz CT molecular complexity index is 491. The van der Waals surface area contributed by atoms with Crippen molar-refractivity contribution in [2.75, 3.05) is 7.11 Å². The third kappa shape index (κ3) is 10.1. The molecule has 0 saturated carbocycles. The zero-order chi connectivity index (χ0) is 18.2. The van der Waals surface area contributed by atoms with Gasteiger partial charge in [0.25, 0.3) is 0 Å². The topological polar surface area (TPSA) is 26.3 Å². The normalized spacial score (nSPS) is 11.1. The van der Waals surface area contributed by atoms with Gasteiger partial charge in [-0.3, -0.25) is 0 Å². The average molecular weight is 345 g/mol. The highest BCUT2D eigenvalue weighted by Gasteiger charge is 2.09. The average Bonchev–Trinajstić information content (AvgIpc) is 2.65. The summed E-state index contributed by atoms with van der Waals surface area (Å²) in [7, 11) is 1.44. The zero-order valence-corrected chi connectivity index (χ0v) is 16.3. The summed E-state index contributed by atoms with van der Waals surface area (Å²) < 4.78 is 4.84. The minimum absolute atomic E-state index is 0.235. The summed E-state index contributed by atoms with van der Waals surface area (Å²) in [6.07, 6.45) is 19.9. The molecule has 0 aliphatic rings. The molecule has 0 fully saturated rings. The van der Waals surface area contributed by atoms with Crippen molar-refractivity contribution in [2.24, 2.45) is 0 Å². The number of hydrogen-bond acceptors (Lipinski definition) is 2. The van der Waals surface area contributed by atoms with Crippen LogP contribution in [0.5, 0.6) is 0 Å². The number of carbonyl (C=O) groups excluding carboxylic acids is 1. The van der Waals surface area contributed by atoms with E-state index in [0.717, 1.165) is 24.8 Å². The maximum Gasteiger partial charge on any atom is 0.338 e. The van der Waals surface area contributed by atoms with Crippen LogP contribution in [0.1, 0.15) is 93.5 Å². The minimum atomic E-state index is -0.235. The van der Waals surface area contributed by atoms with Crippen LogP contribution in [0.15, 0.2) is 36.4 Å².